The summed E-state index contributed by atoms with van der Waals surface area (Å²) in [6.07, 6.45) is 8.10. The summed E-state index contributed by atoms with van der Waals surface area (Å²) in [5.74, 6) is 3.09. The number of rotatable bonds is 5. The first kappa shape index (κ1) is 16.5. The smallest absolute Gasteiger partial charge is 0.0305 e. The molecule has 0 bridgehead atoms. The van der Waals surface area contributed by atoms with Crippen molar-refractivity contribution in [1.82, 2.24) is 10.3 Å². The van der Waals surface area contributed by atoms with Crippen molar-refractivity contribution >= 4 is 0 Å². The minimum atomic E-state index is 0.573. The summed E-state index contributed by atoms with van der Waals surface area (Å²) in [4.78, 5) is 4.40. The van der Waals surface area contributed by atoms with Crippen LogP contribution < -0.4 is 5.32 Å². The fraction of sp³-hybridized carbons (Fsp3) is 0.737. The van der Waals surface area contributed by atoms with Crippen LogP contribution in [-0.2, 0) is 0 Å². The van der Waals surface area contributed by atoms with Gasteiger partial charge in [-0.05, 0) is 73.6 Å². The molecular weight excluding hydrogens is 256 g/mol. The third-order valence-electron chi connectivity index (χ3n) is 5.24. The molecule has 1 aromatic rings. The maximum absolute atomic E-state index is 4.40. The van der Waals surface area contributed by atoms with Gasteiger partial charge < -0.3 is 5.32 Å². The van der Waals surface area contributed by atoms with Crippen LogP contribution in [0.15, 0.2) is 18.5 Å². The minimum absolute atomic E-state index is 0.573. The molecule has 1 heterocycles. The first-order valence-corrected chi connectivity index (χ1v) is 8.63. The Morgan fingerprint density at radius 2 is 2.00 bits per heavy atom. The second-order valence-corrected chi connectivity index (χ2v) is 7.48. The van der Waals surface area contributed by atoms with Gasteiger partial charge in [-0.25, -0.2) is 0 Å². The van der Waals surface area contributed by atoms with Gasteiger partial charge in [-0.2, -0.15) is 0 Å². The van der Waals surface area contributed by atoms with Crippen LogP contribution in [0.4, 0.5) is 0 Å². The van der Waals surface area contributed by atoms with Gasteiger partial charge in [-0.15, -0.1) is 0 Å². The predicted molar refractivity (Wildman–Crippen MR) is 90.5 cm³/mol. The number of hydrogen-bond donors (Lipinski definition) is 1. The van der Waals surface area contributed by atoms with E-state index in [0.717, 1.165) is 24.3 Å². The Labute approximate surface area is 130 Å². The van der Waals surface area contributed by atoms with E-state index < -0.39 is 0 Å². The molecule has 1 fully saturated rings. The molecule has 2 heteroatoms. The number of nitrogens with one attached hydrogen (secondary N) is 1. The molecule has 3 atom stereocenters. The van der Waals surface area contributed by atoms with Crippen LogP contribution in [0.25, 0.3) is 0 Å². The van der Waals surface area contributed by atoms with Gasteiger partial charge in [0, 0.05) is 18.4 Å². The van der Waals surface area contributed by atoms with Crippen LogP contribution in [0, 0.1) is 24.7 Å². The number of aromatic nitrogens is 1. The van der Waals surface area contributed by atoms with Crippen molar-refractivity contribution in [1.29, 1.82) is 0 Å². The van der Waals surface area contributed by atoms with Gasteiger partial charge in [0.2, 0.25) is 0 Å². The van der Waals surface area contributed by atoms with Gasteiger partial charge in [-0.3, -0.25) is 4.98 Å². The third-order valence-corrected chi connectivity index (χ3v) is 5.24. The largest absolute Gasteiger partial charge is 0.314 e. The third kappa shape index (κ3) is 4.29. The number of pyridine rings is 1. The van der Waals surface area contributed by atoms with E-state index in [1.165, 1.54) is 30.4 Å². The molecule has 1 aromatic heterocycles. The summed E-state index contributed by atoms with van der Waals surface area (Å²) in [5, 5.41) is 3.66. The van der Waals surface area contributed by atoms with Gasteiger partial charge >= 0.3 is 0 Å². The SMILES string of the molecule is Cc1ccncc1C1CC(C(C)C)CCC1CNC(C)C. The molecule has 1 N–H and O–H groups in total. The molecule has 2 nitrogen and oxygen atoms in total. The van der Waals surface area contributed by atoms with Crippen LogP contribution >= 0.6 is 0 Å². The molecule has 2 rings (SSSR count). The highest BCUT2D eigenvalue weighted by Crippen LogP contribution is 2.43. The topological polar surface area (TPSA) is 24.9 Å². The number of aryl methyl sites for hydroxylation is 1. The zero-order valence-electron chi connectivity index (χ0n) is 14.4. The maximum atomic E-state index is 4.40. The van der Waals surface area contributed by atoms with Crippen molar-refractivity contribution in [3.8, 4) is 0 Å². The standard InChI is InChI=1S/C19H32N2/c1-13(2)16-6-7-17(11-21-14(3)4)18(10-16)19-12-20-9-8-15(19)5/h8-9,12-14,16-18,21H,6-7,10-11H2,1-5H3. The van der Waals surface area contributed by atoms with Gasteiger partial charge in [-0.1, -0.05) is 27.7 Å². The van der Waals surface area contributed by atoms with Crippen molar-refractivity contribution in [2.45, 2.75) is 65.8 Å². The fourth-order valence-corrected chi connectivity index (χ4v) is 3.75. The highest BCUT2D eigenvalue weighted by molar-refractivity contribution is 5.27. The highest BCUT2D eigenvalue weighted by atomic mass is 14.9. The molecule has 0 radical (unpaired) electrons. The first-order valence-electron chi connectivity index (χ1n) is 8.63. The average molecular weight is 288 g/mol. The van der Waals surface area contributed by atoms with Crippen LogP contribution in [0.1, 0.15) is 64.0 Å². The number of nitrogens with zero attached hydrogens (tertiary/aromatic N) is 1. The van der Waals surface area contributed by atoms with E-state index in [9.17, 15) is 0 Å². The zero-order valence-corrected chi connectivity index (χ0v) is 14.4. The van der Waals surface area contributed by atoms with E-state index in [0.29, 0.717) is 12.0 Å². The van der Waals surface area contributed by atoms with Gasteiger partial charge in [0.1, 0.15) is 0 Å². The lowest BCUT2D eigenvalue weighted by Gasteiger charge is -2.39. The van der Waals surface area contributed by atoms with Crippen LogP contribution in [0.3, 0.4) is 0 Å². The van der Waals surface area contributed by atoms with E-state index in [1.54, 1.807) is 0 Å². The van der Waals surface area contributed by atoms with Crippen molar-refractivity contribution in [2.24, 2.45) is 17.8 Å². The number of hydrogen-bond acceptors (Lipinski definition) is 2. The van der Waals surface area contributed by atoms with Crippen LogP contribution in [-0.4, -0.2) is 17.6 Å². The van der Waals surface area contributed by atoms with E-state index in [4.69, 9.17) is 0 Å². The molecule has 21 heavy (non-hydrogen) atoms. The van der Waals surface area contributed by atoms with Crippen LogP contribution in [0.2, 0.25) is 0 Å². The Morgan fingerprint density at radius 1 is 1.24 bits per heavy atom. The van der Waals surface area contributed by atoms with Gasteiger partial charge in [0.15, 0.2) is 0 Å². The van der Waals surface area contributed by atoms with Crippen LogP contribution in [0.5, 0.6) is 0 Å². The summed E-state index contributed by atoms with van der Waals surface area (Å²) in [6, 6.07) is 2.74. The molecular formula is C19H32N2. The van der Waals surface area contributed by atoms with Crippen molar-refractivity contribution < 1.29 is 0 Å². The first-order chi connectivity index (χ1) is 9.99. The Balaban J connectivity index is 2.18. The molecule has 0 amide bonds. The Kier molecular flexibility index (Phi) is 5.80. The molecule has 0 aromatic carbocycles. The minimum Gasteiger partial charge on any atom is -0.314 e. The normalized spacial score (nSPS) is 26.5. The lowest BCUT2D eigenvalue weighted by Crippen LogP contribution is -2.36. The molecule has 1 saturated carbocycles. The highest BCUT2D eigenvalue weighted by Gasteiger charge is 2.33. The second-order valence-electron chi connectivity index (χ2n) is 7.48. The predicted octanol–water partition coefficient (Wildman–Crippen LogP) is 4.54. The van der Waals surface area contributed by atoms with Crippen molar-refractivity contribution in [2.75, 3.05) is 6.54 Å². The van der Waals surface area contributed by atoms with E-state index >= 15 is 0 Å². The zero-order chi connectivity index (χ0) is 15.4. The summed E-state index contributed by atoms with van der Waals surface area (Å²) in [7, 11) is 0. The monoisotopic (exact) mass is 288 g/mol. The summed E-state index contributed by atoms with van der Waals surface area (Å²) in [5.41, 5.74) is 2.90. The lowest BCUT2D eigenvalue weighted by molar-refractivity contribution is 0.188. The Bertz CT molecular complexity index is 439. The maximum Gasteiger partial charge on any atom is 0.0305 e. The molecule has 0 aliphatic heterocycles. The molecule has 0 spiro atoms. The lowest BCUT2D eigenvalue weighted by atomic mass is 9.68. The molecule has 3 unspecified atom stereocenters. The fourth-order valence-electron chi connectivity index (χ4n) is 3.75. The summed E-state index contributed by atoms with van der Waals surface area (Å²) in [6.45, 7) is 12.6. The molecule has 0 saturated heterocycles. The van der Waals surface area contributed by atoms with Gasteiger partial charge in [0.25, 0.3) is 0 Å². The second kappa shape index (κ2) is 7.40. The Morgan fingerprint density at radius 3 is 2.62 bits per heavy atom. The summed E-state index contributed by atoms with van der Waals surface area (Å²) < 4.78 is 0. The van der Waals surface area contributed by atoms with E-state index in [2.05, 4.69) is 57.2 Å². The van der Waals surface area contributed by atoms with E-state index in [-0.39, 0.29) is 0 Å². The average Bonchev–Trinajstić information content (AvgIpc) is 2.45. The van der Waals surface area contributed by atoms with E-state index in [1.807, 2.05) is 6.20 Å². The molecule has 1 aliphatic rings. The van der Waals surface area contributed by atoms with Crippen molar-refractivity contribution in [3.05, 3.63) is 29.6 Å². The molecule has 118 valence electrons. The Hall–Kier alpha value is -0.890. The van der Waals surface area contributed by atoms with Crippen molar-refractivity contribution in [3.63, 3.8) is 0 Å². The molecule has 1 aliphatic carbocycles. The quantitative estimate of drug-likeness (QED) is 0.860. The summed E-state index contributed by atoms with van der Waals surface area (Å²) >= 11 is 0. The van der Waals surface area contributed by atoms with Gasteiger partial charge in [0.05, 0.1) is 0 Å².